The maximum absolute atomic E-state index is 14.5. The summed E-state index contributed by atoms with van der Waals surface area (Å²) in [5.74, 6) is 1.17. The molecule has 4 fully saturated rings. The molecule has 0 saturated carbocycles. The summed E-state index contributed by atoms with van der Waals surface area (Å²) in [4.78, 5) is 14.8. The molecule has 4 saturated heterocycles. The highest BCUT2D eigenvalue weighted by Crippen LogP contribution is 2.42. The number of aromatic hydroxyl groups is 1. The van der Waals surface area contributed by atoms with Crippen LogP contribution in [-0.2, 0) is 6.42 Å². The Kier molecular flexibility index (Phi) is 6.49. The Labute approximate surface area is 252 Å². The van der Waals surface area contributed by atoms with E-state index in [2.05, 4.69) is 59.3 Å². The molecule has 2 N–H and O–H groups in total. The SMILES string of the molecule is CCc1cccc2cc(O)cc(-c3ccc4c(N5C[C@H]6CC[C@@H](C5)N6)nc(OC[C@@]56CCCN5C[C@H](F)C6)nc4c3C)c12. The number of aryl methyl sites for hydroxylation is 2. The van der Waals surface area contributed by atoms with Crippen molar-refractivity contribution in [2.75, 3.05) is 37.7 Å². The van der Waals surface area contributed by atoms with E-state index >= 15 is 0 Å². The van der Waals surface area contributed by atoms with Gasteiger partial charge in [0.05, 0.1) is 11.1 Å². The molecule has 224 valence electrons. The Morgan fingerprint density at radius 3 is 2.72 bits per heavy atom. The van der Waals surface area contributed by atoms with Crippen LogP contribution in [0.15, 0.2) is 42.5 Å². The molecule has 0 spiro atoms. The lowest BCUT2D eigenvalue weighted by atomic mass is 9.90. The van der Waals surface area contributed by atoms with E-state index in [-0.39, 0.29) is 11.3 Å². The van der Waals surface area contributed by atoms with Gasteiger partial charge in [0.1, 0.15) is 24.3 Å². The first-order valence-corrected chi connectivity index (χ1v) is 16.0. The Bertz CT molecular complexity index is 1720. The molecule has 4 aliphatic rings. The fourth-order valence-corrected chi connectivity index (χ4v) is 8.51. The van der Waals surface area contributed by atoms with Gasteiger partial charge in [-0.05, 0) is 96.8 Å². The van der Waals surface area contributed by atoms with E-state index in [1.165, 1.54) is 18.4 Å². The second-order valence-electron chi connectivity index (χ2n) is 13.2. The highest BCUT2D eigenvalue weighted by Gasteiger charge is 2.49. The quantitative estimate of drug-likeness (QED) is 0.293. The van der Waals surface area contributed by atoms with Crippen molar-refractivity contribution in [1.29, 1.82) is 0 Å². The Balaban J connectivity index is 1.26. The van der Waals surface area contributed by atoms with Crippen LogP contribution in [0.25, 0.3) is 32.8 Å². The maximum atomic E-state index is 14.5. The number of fused-ring (bicyclic) bond motifs is 5. The second kappa shape index (κ2) is 10.3. The second-order valence-corrected chi connectivity index (χ2v) is 13.2. The van der Waals surface area contributed by atoms with E-state index in [0.717, 1.165) is 83.1 Å². The first kappa shape index (κ1) is 27.1. The smallest absolute Gasteiger partial charge is 0.319 e. The van der Waals surface area contributed by atoms with E-state index in [9.17, 15) is 9.50 Å². The molecule has 0 radical (unpaired) electrons. The zero-order valence-corrected chi connectivity index (χ0v) is 25.1. The zero-order valence-electron chi connectivity index (χ0n) is 25.1. The monoisotopic (exact) mass is 581 g/mol. The van der Waals surface area contributed by atoms with Gasteiger partial charge in [0.15, 0.2) is 0 Å². The van der Waals surface area contributed by atoms with Crippen molar-refractivity contribution in [3.05, 3.63) is 53.6 Å². The predicted octanol–water partition coefficient (Wildman–Crippen LogP) is 5.92. The Hall–Kier alpha value is -3.49. The summed E-state index contributed by atoms with van der Waals surface area (Å²) in [6, 6.07) is 15.6. The van der Waals surface area contributed by atoms with Crippen LogP contribution in [0, 0.1) is 6.92 Å². The number of rotatable bonds is 6. The third-order valence-electron chi connectivity index (χ3n) is 10.5. The fourth-order valence-electron chi connectivity index (χ4n) is 8.51. The van der Waals surface area contributed by atoms with Gasteiger partial charge in [-0.1, -0.05) is 31.2 Å². The van der Waals surface area contributed by atoms with Crippen LogP contribution in [0.5, 0.6) is 11.8 Å². The lowest BCUT2D eigenvalue weighted by Crippen LogP contribution is -2.51. The summed E-state index contributed by atoms with van der Waals surface area (Å²) in [5, 5.41) is 17.7. The van der Waals surface area contributed by atoms with Gasteiger partial charge >= 0.3 is 6.01 Å². The Morgan fingerprint density at radius 1 is 1.07 bits per heavy atom. The lowest BCUT2D eigenvalue weighted by molar-refractivity contribution is 0.107. The van der Waals surface area contributed by atoms with Crippen LogP contribution in [-0.4, -0.2) is 76.6 Å². The van der Waals surface area contributed by atoms with Crippen LogP contribution < -0.4 is 15.0 Å². The molecule has 5 heterocycles. The van der Waals surface area contributed by atoms with Gasteiger partial charge in [0.2, 0.25) is 0 Å². The highest BCUT2D eigenvalue weighted by atomic mass is 19.1. The molecule has 0 amide bonds. The van der Waals surface area contributed by atoms with Crippen molar-refractivity contribution >= 4 is 27.5 Å². The molecule has 3 aromatic carbocycles. The molecular formula is C35H40FN5O2. The summed E-state index contributed by atoms with van der Waals surface area (Å²) < 4.78 is 21.0. The first-order chi connectivity index (χ1) is 20.9. The molecule has 1 aromatic heterocycles. The van der Waals surface area contributed by atoms with E-state index in [4.69, 9.17) is 14.7 Å². The third-order valence-corrected chi connectivity index (χ3v) is 10.5. The number of halogens is 1. The molecule has 0 aliphatic carbocycles. The van der Waals surface area contributed by atoms with Crippen molar-refractivity contribution in [1.82, 2.24) is 20.2 Å². The third kappa shape index (κ3) is 4.52. The number of ether oxygens (including phenoxy) is 1. The standard InChI is InChI=1S/C35H40FN5O2/c1-3-22-6-4-7-23-14-27(42)15-30(31(22)23)28-10-11-29-32(21(28)2)38-34(39-33(29)40-18-25-8-9-26(19-40)37-25)43-20-35-12-5-13-41(35)17-24(36)16-35/h4,6-7,10-11,14-15,24-26,37,42H,3,5,8-9,12-13,16-20H2,1-2H3/t24-,25-,26+,35+/m1/s1. The van der Waals surface area contributed by atoms with Gasteiger partial charge in [-0.15, -0.1) is 0 Å². The summed E-state index contributed by atoms with van der Waals surface area (Å²) in [6.07, 6.45) is 5.00. The summed E-state index contributed by atoms with van der Waals surface area (Å²) in [5.41, 5.74) is 4.94. The van der Waals surface area contributed by atoms with E-state index in [0.29, 0.717) is 37.7 Å². The number of hydrogen-bond donors (Lipinski definition) is 2. The Morgan fingerprint density at radius 2 is 1.91 bits per heavy atom. The minimum Gasteiger partial charge on any atom is -0.508 e. The minimum absolute atomic E-state index is 0.252. The van der Waals surface area contributed by atoms with E-state index in [1.54, 1.807) is 0 Å². The number of hydrogen-bond acceptors (Lipinski definition) is 7. The molecule has 4 aliphatic heterocycles. The fraction of sp³-hybridized carbons (Fsp3) is 0.486. The van der Waals surface area contributed by atoms with Gasteiger partial charge < -0.3 is 20.1 Å². The first-order valence-electron chi connectivity index (χ1n) is 16.0. The molecule has 4 atom stereocenters. The largest absolute Gasteiger partial charge is 0.508 e. The summed E-state index contributed by atoms with van der Waals surface area (Å²) in [7, 11) is 0. The molecule has 8 heteroatoms. The molecule has 0 unspecified atom stereocenters. The number of anilines is 1. The number of aromatic nitrogens is 2. The van der Waals surface area contributed by atoms with Gasteiger partial charge in [0, 0.05) is 43.5 Å². The minimum atomic E-state index is -0.803. The van der Waals surface area contributed by atoms with Crippen molar-refractivity contribution < 1.29 is 14.2 Å². The van der Waals surface area contributed by atoms with E-state index in [1.807, 2.05) is 12.1 Å². The molecule has 2 bridgehead atoms. The van der Waals surface area contributed by atoms with Gasteiger partial charge in [-0.25, -0.2) is 4.39 Å². The van der Waals surface area contributed by atoms with Crippen LogP contribution in [0.2, 0.25) is 0 Å². The van der Waals surface area contributed by atoms with Crippen LogP contribution in [0.3, 0.4) is 0 Å². The van der Waals surface area contributed by atoms with Gasteiger partial charge in [0.25, 0.3) is 0 Å². The number of nitrogens with zero attached hydrogens (tertiary/aromatic N) is 4. The van der Waals surface area contributed by atoms with Crippen molar-refractivity contribution in [2.24, 2.45) is 0 Å². The lowest BCUT2D eigenvalue weighted by Gasteiger charge is -2.35. The number of phenolic OH excluding ortho intramolecular Hbond substituents is 1. The number of nitrogens with one attached hydrogen (secondary N) is 1. The van der Waals surface area contributed by atoms with Gasteiger partial charge in [-0.3, -0.25) is 4.90 Å². The van der Waals surface area contributed by atoms with Crippen molar-refractivity contribution in [3.8, 4) is 22.9 Å². The number of phenols is 1. The highest BCUT2D eigenvalue weighted by molar-refractivity contribution is 6.04. The van der Waals surface area contributed by atoms with Crippen molar-refractivity contribution in [3.63, 3.8) is 0 Å². The molecule has 43 heavy (non-hydrogen) atoms. The maximum Gasteiger partial charge on any atom is 0.319 e. The van der Waals surface area contributed by atoms with E-state index < -0.39 is 6.17 Å². The van der Waals surface area contributed by atoms with Crippen LogP contribution >= 0.6 is 0 Å². The van der Waals surface area contributed by atoms with Crippen LogP contribution in [0.1, 0.15) is 50.2 Å². The molecule has 4 aromatic rings. The molecule has 8 rings (SSSR count). The van der Waals surface area contributed by atoms with Crippen molar-refractivity contribution in [2.45, 2.75) is 76.2 Å². The number of piperazine rings is 1. The number of alkyl halides is 1. The van der Waals surface area contributed by atoms with Crippen LogP contribution in [0.4, 0.5) is 10.2 Å². The molecular weight excluding hydrogens is 541 g/mol. The molecule has 7 nitrogen and oxygen atoms in total. The average molecular weight is 582 g/mol. The summed E-state index contributed by atoms with van der Waals surface area (Å²) in [6.45, 7) is 7.92. The predicted molar refractivity (Wildman–Crippen MR) is 169 cm³/mol. The van der Waals surface area contributed by atoms with Gasteiger partial charge in [-0.2, -0.15) is 9.97 Å². The summed E-state index contributed by atoms with van der Waals surface area (Å²) >= 11 is 0. The topological polar surface area (TPSA) is 73.8 Å². The zero-order chi connectivity index (χ0) is 29.3. The normalized spacial score (nSPS) is 27.0. The average Bonchev–Trinajstić information content (AvgIpc) is 3.65. The number of benzene rings is 3.